The van der Waals surface area contributed by atoms with E-state index >= 15 is 0 Å². The Balaban J connectivity index is 1.45. The first kappa shape index (κ1) is 12.7. The Morgan fingerprint density at radius 2 is 2.06 bits per heavy atom. The molecular weight excluding hydrogens is 245 g/mol. The fraction of sp³-hybridized carbons (Fsp3) is 1.00. The summed E-state index contributed by atoms with van der Waals surface area (Å²) in [4.78, 5) is 1.49. The Morgan fingerprint density at radius 3 is 2.67 bits per heavy atom. The molecule has 3 aliphatic rings. The SMILES string of the molecule is FC(F)(F)CN1CC[C@H](N[C@H]2C[C@H]3CC[C@H]2O3)C1. The quantitative estimate of drug-likeness (QED) is 0.836. The molecule has 1 N–H and O–H groups in total. The number of hydrogen-bond donors (Lipinski definition) is 1. The molecule has 0 radical (unpaired) electrons. The van der Waals surface area contributed by atoms with E-state index in [9.17, 15) is 13.2 Å². The number of rotatable bonds is 3. The van der Waals surface area contributed by atoms with E-state index in [1.54, 1.807) is 0 Å². The van der Waals surface area contributed by atoms with Gasteiger partial charge in [-0.25, -0.2) is 0 Å². The van der Waals surface area contributed by atoms with Crippen LogP contribution in [0.15, 0.2) is 0 Å². The third kappa shape index (κ3) is 2.81. The van der Waals surface area contributed by atoms with Crippen molar-refractivity contribution in [2.45, 2.75) is 56.2 Å². The molecular formula is C12H19F3N2O. The first-order valence-corrected chi connectivity index (χ1v) is 6.70. The second-order valence-corrected chi connectivity index (χ2v) is 5.72. The average molecular weight is 264 g/mol. The molecule has 3 rings (SSSR count). The van der Waals surface area contributed by atoms with E-state index in [1.165, 1.54) is 4.90 Å². The molecule has 6 heteroatoms. The van der Waals surface area contributed by atoms with E-state index in [-0.39, 0.29) is 6.04 Å². The van der Waals surface area contributed by atoms with Gasteiger partial charge in [0.15, 0.2) is 0 Å². The number of halogens is 3. The van der Waals surface area contributed by atoms with Crippen LogP contribution in [0.1, 0.15) is 25.7 Å². The van der Waals surface area contributed by atoms with E-state index in [4.69, 9.17) is 4.74 Å². The van der Waals surface area contributed by atoms with Gasteiger partial charge < -0.3 is 10.1 Å². The lowest BCUT2D eigenvalue weighted by Gasteiger charge is -2.24. The highest BCUT2D eigenvalue weighted by Crippen LogP contribution is 2.35. The number of alkyl halides is 3. The molecule has 2 bridgehead atoms. The standard InChI is InChI=1S/C12H19F3N2O/c13-12(14,15)7-17-4-3-8(6-17)16-10-5-9-1-2-11(10)18-9/h8-11,16H,1-7H2/t8-,9+,10-,11+/m0/s1. The van der Waals surface area contributed by atoms with Gasteiger partial charge in [-0.1, -0.05) is 0 Å². The predicted molar refractivity (Wildman–Crippen MR) is 60.3 cm³/mol. The largest absolute Gasteiger partial charge is 0.401 e. The molecule has 0 saturated carbocycles. The fourth-order valence-electron chi connectivity index (χ4n) is 3.48. The van der Waals surface area contributed by atoms with Crippen molar-refractivity contribution in [3.63, 3.8) is 0 Å². The third-order valence-electron chi connectivity index (χ3n) is 4.23. The lowest BCUT2D eigenvalue weighted by Crippen LogP contribution is -2.45. The van der Waals surface area contributed by atoms with E-state index in [0.717, 1.165) is 25.7 Å². The van der Waals surface area contributed by atoms with Gasteiger partial charge in [0.2, 0.25) is 0 Å². The van der Waals surface area contributed by atoms with E-state index in [2.05, 4.69) is 5.32 Å². The second-order valence-electron chi connectivity index (χ2n) is 5.72. The number of nitrogens with one attached hydrogen (secondary N) is 1. The minimum atomic E-state index is -4.08. The molecule has 104 valence electrons. The third-order valence-corrected chi connectivity index (χ3v) is 4.23. The van der Waals surface area contributed by atoms with Crippen molar-refractivity contribution < 1.29 is 17.9 Å². The molecule has 0 aromatic rings. The van der Waals surface area contributed by atoms with Gasteiger partial charge in [-0.2, -0.15) is 13.2 Å². The Bertz CT molecular complexity index is 310. The first-order valence-electron chi connectivity index (χ1n) is 6.70. The number of nitrogens with zero attached hydrogens (tertiary/aromatic N) is 1. The van der Waals surface area contributed by atoms with E-state index in [1.807, 2.05) is 0 Å². The van der Waals surface area contributed by atoms with Crippen molar-refractivity contribution in [3.05, 3.63) is 0 Å². The summed E-state index contributed by atoms with van der Waals surface area (Å²) >= 11 is 0. The molecule has 3 heterocycles. The van der Waals surface area contributed by atoms with Gasteiger partial charge in [-0.05, 0) is 25.7 Å². The molecule has 4 atom stereocenters. The highest BCUT2D eigenvalue weighted by molar-refractivity contribution is 4.96. The van der Waals surface area contributed by atoms with Crippen molar-refractivity contribution >= 4 is 0 Å². The summed E-state index contributed by atoms with van der Waals surface area (Å²) in [5, 5.41) is 3.49. The molecule has 3 saturated heterocycles. The lowest BCUT2D eigenvalue weighted by molar-refractivity contribution is -0.143. The molecule has 3 aliphatic heterocycles. The van der Waals surface area contributed by atoms with Gasteiger partial charge in [-0.3, -0.25) is 4.90 Å². The molecule has 3 nitrogen and oxygen atoms in total. The molecule has 0 aliphatic carbocycles. The van der Waals surface area contributed by atoms with Crippen LogP contribution in [0.2, 0.25) is 0 Å². The normalized spacial score (nSPS) is 40.8. The second kappa shape index (κ2) is 4.65. The van der Waals surface area contributed by atoms with Crippen molar-refractivity contribution in [3.8, 4) is 0 Å². The van der Waals surface area contributed by atoms with Gasteiger partial charge in [0.25, 0.3) is 0 Å². The summed E-state index contributed by atoms with van der Waals surface area (Å²) in [5.74, 6) is 0. The van der Waals surface area contributed by atoms with Gasteiger partial charge in [-0.15, -0.1) is 0 Å². The lowest BCUT2D eigenvalue weighted by atomic mass is 9.95. The maximum Gasteiger partial charge on any atom is 0.401 e. The predicted octanol–water partition coefficient (Wildman–Crippen LogP) is 1.53. The van der Waals surface area contributed by atoms with Gasteiger partial charge >= 0.3 is 6.18 Å². The van der Waals surface area contributed by atoms with Crippen LogP contribution in [-0.2, 0) is 4.74 Å². The summed E-state index contributed by atoms with van der Waals surface area (Å²) in [5.41, 5.74) is 0. The zero-order chi connectivity index (χ0) is 12.8. The van der Waals surface area contributed by atoms with Crippen molar-refractivity contribution in [1.82, 2.24) is 10.2 Å². The number of ether oxygens (including phenoxy) is 1. The van der Waals surface area contributed by atoms with Crippen molar-refractivity contribution in [2.75, 3.05) is 19.6 Å². The number of hydrogen-bond acceptors (Lipinski definition) is 3. The Kier molecular flexibility index (Phi) is 3.28. The molecule has 0 spiro atoms. The molecule has 0 aromatic heterocycles. The maximum absolute atomic E-state index is 12.3. The van der Waals surface area contributed by atoms with Gasteiger partial charge in [0, 0.05) is 25.2 Å². The molecule has 0 amide bonds. The van der Waals surface area contributed by atoms with Crippen LogP contribution >= 0.6 is 0 Å². The van der Waals surface area contributed by atoms with Crippen LogP contribution in [0.5, 0.6) is 0 Å². The summed E-state index contributed by atoms with van der Waals surface area (Å²) in [7, 11) is 0. The van der Waals surface area contributed by atoms with Crippen LogP contribution in [0, 0.1) is 0 Å². The maximum atomic E-state index is 12.3. The fourth-order valence-corrected chi connectivity index (χ4v) is 3.48. The Morgan fingerprint density at radius 1 is 1.22 bits per heavy atom. The number of likely N-dealkylation sites (tertiary alicyclic amines) is 1. The van der Waals surface area contributed by atoms with Gasteiger partial charge in [0.05, 0.1) is 18.8 Å². The van der Waals surface area contributed by atoms with Crippen molar-refractivity contribution in [2.24, 2.45) is 0 Å². The van der Waals surface area contributed by atoms with Crippen LogP contribution in [0.4, 0.5) is 13.2 Å². The van der Waals surface area contributed by atoms with Crippen LogP contribution in [-0.4, -0.2) is 55.0 Å². The van der Waals surface area contributed by atoms with Gasteiger partial charge in [0.1, 0.15) is 0 Å². The van der Waals surface area contributed by atoms with Crippen molar-refractivity contribution in [1.29, 1.82) is 0 Å². The number of fused-ring (bicyclic) bond motifs is 2. The molecule has 0 aromatic carbocycles. The Labute approximate surface area is 105 Å². The summed E-state index contributed by atoms with van der Waals surface area (Å²) in [6.07, 6.45) is 0.691. The average Bonchev–Trinajstić information content (AvgIpc) is 2.92. The molecule has 0 unspecified atom stereocenters. The molecule has 18 heavy (non-hydrogen) atoms. The van der Waals surface area contributed by atoms with E-state index in [0.29, 0.717) is 31.3 Å². The monoisotopic (exact) mass is 264 g/mol. The Hall–Kier alpha value is -0.330. The summed E-state index contributed by atoms with van der Waals surface area (Å²) in [6.45, 7) is 0.268. The van der Waals surface area contributed by atoms with Crippen LogP contribution < -0.4 is 5.32 Å². The summed E-state index contributed by atoms with van der Waals surface area (Å²) in [6, 6.07) is 0.555. The van der Waals surface area contributed by atoms with E-state index < -0.39 is 12.7 Å². The zero-order valence-corrected chi connectivity index (χ0v) is 10.2. The topological polar surface area (TPSA) is 24.5 Å². The van der Waals surface area contributed by atoms with Crippen LogP contribution in [0.3, 0.4) is 0 Å². The first-order chi connectivity index (χ1) is 8.49. The minimum Gasteiger partial charge on any atom is -0.373 e. The minimum absolute atomic E-state index is 0.195. The zero-order valence-electron chi connectivity index (χ0n) is 10.2. The summed E-state index contributed by atoms with van der Waals surface area (Å²) < 4.78 is 42.6. The highest BCUT2D eigenvalue weighted by atomic mass is 19.4. The highest BCUT2D eigenvalue weighted by Gasteiger charge is 2.42. The molecule has 3 fully saturated rings. The smallest absolute Gasteiger partial charge is 0.373 e. The van der Waals surface area contributed by atoms with Crippen LogP contribution in [0.25, 0.3) is 0 Å².